The number of aromatic nitrogens is 2. The number of hydrogen-bond donors (Lipinski definition) is 3. The summed E-state index contributed by atoms with van der Waals surface area (Å²) in [6, 6.07) is 9.14. The number of nitrogens with one attached hydrogen (secondary N) is 2. The maximum absolute atomic E-state index is 9.48. The van der Waals surface area contributed by atoms with Crippen LogP contribution in [0.2, 0.25) is 0 Å². The van der Waals surface area contributed by atoms with Crippen molar-refractivity contribution >= 4 is 6.21 Å². The predicted molar refractivity (Wildman–Crippen MR) is 125 cm³/mol. The molecule has 2 aromatic rings. The molecule has 1 heterocycles. The highest BCUT2D eigenvalue weighted by Gasteiger charge is 2.04. The lowest BCUT2D eigenvalue weighted by atomic mass is 10.1. The first-order chi connectivity index (χ1) is 14.6. The molecular formula is C23H36N6O. The van der Waals surface area contributed by atoms with E-state index in [4.69, 9.17) is 5.26 Å². The van der Waals surface area contributed by atoms with Crippen molar-refractivity contribution in [3.63, 3.8) is 0 Å². The van der Waals surface area contributed by atoms with Crippen molar-refractivity contribution in [3.8, 4) is 23.1 Å². The molecule has 0 saturated carbocycles. The normalized spacial score (nSPS) is 10.1. The molecule has 0 aliphatic heterocycles. The molecule has 164 valence electrons. The van der Waals surface area contributed by atoms with Gasteiger partial charge in [0, 0.05) is 31.4 Å². The number of aryl methyl sites for hydroxylation is 1. The van der Waals surface area contributed by atoms with E-state index in [1.807, 2.05) is 64.5 Å². The molecule has 0 unspecified atom stereocenters. The highest BCUT2D eigenvalue weighted by Crippen LogP contribution is 2.23. The van der Waals surface area contributed by atoms with E-state index in [9.17, 15) is 5.11 Å². The van der Waals surface area contributed by atoms with Crippen LogP contribution in [0.3, 0.4) is 0 Å². The van der Waals surface area contributed by atoms with Gasteiger partial charge in [0.15, 0.2) is 0 Å². The number of benzene rings is 1. The number of allylic oxidation sites excluding steroid dienone is 1. The van der Waals surface area contributed by atoms with Crippen LogP contribution in [0.1, 0.15) is 39.2 Å². The van der Waals surface area contributed by atoms with Gasteiger partial charge in [0.1, 0.15) is 12.3 Å². The number of nitrogens with zero attached hydrogens (tertiary/aromatic N) is 4. The van der Waals surface area contributed by atoms with Gasteiger partial charge in [0.25, 0.3) is 0 Å². The summed E-state index contributed by atoms with van der Waals surface area (Å²) in [5.74, 6) is 0.227. The Labute approximate surface area is 181 Å². The molecule has 0 aliphatic carbocycles. The van der Waals surface area contributed by atoms with E-state index in [2.05, 4.69) is 27.6 Å². The average Bonchev–Trinajstić information content (AvgIpc) is 3.20. The second kappa shape index (κ2) is 18.0. The van der Waals surface area contributed by atoms with Crippen molar-refractivity contribution in [3.05, 3.63) is 48.3 Å². The first-order valence-corrected chi connectivity index (χ1v) is 10.3. The smallest absolute Gasteiger partial charge is 0.128 e. The molecule has 3 N–H and O–H groups in total. The summed E-state index contributed by atoms with van der Waals surface area (Å²) in [5, 5.41) is 28.4. The SMILES string of the molecule is CC.CCCNC/N=C\C/C=C\NC.Cc1cc(O)cc(-c2ccn(CC#N)n2)c1. The minimum Gasteiger partial charge on any atom is -0.508 e. The Balaban J connectivity index is 0.000000540. The van der Waals surface area contributed by atoms with Crippen molar-refractivity contribution in [1.82, 2.24) is 20.4 Å². The number of hydrogen-bond acceptors (Lipinski definition) is 6. The van der Waals surface area contributed by atoms with Gasteiger partial charge in [-0.15, -0.1) is 0 Å². The van der Waals surface area contributed by atoms with Crippen LogP contribution in [-0.4, -0.2) is 41.4 Å². The molecule has 2 rings (SSSR count). The molecule has 1 aromatic heterocycles. The lowest BCUT2D eigenvalue weighted by Crippen LogP contribution is -2.14. The van der Waals surface area contributed by atoms with Crippen LogP contribution in [0.5, 0.6) is 5.75 Å². The van der Waals surface area contributed by atoms with E-state index >= 15 is 0 Å². The topological polar surface area (TPSA) is 98.3 Å². The van der Waals surface area contributed by atoms with Gasteiger partial charge in [-0.2, -0.15) is 10.4 Å². The first-order valence-electron chi connectivity index (χ1n) is 10.3. The Bertz CT molecular complexity index is 769. The first kappa shape index (κ1) is 26.9. The van der Waals surface area contributed by atoms with Crippen LogP contribution < -0.4 is 10.6 Å². The summed E-state index contributed by atoms with van der Waals surface area (Å²) in [7, 11) is 1.89. The number of phenols is 1. The van der Waals surface area contributed by atoms with Gasteiger partial charge in [-0.1, -0.05) is 26.8 Å². The summed E-state index contributed by atoms with van der Waals surface area (Å²) < 4.78 is 1.56. The van der Waals surface area contributed by atoms with Crippen molar-refractivity contribution in [2.75, 3.05) is 20.3 Å². The van der Waals surface area contributed by atoms with Gasteiger partial charge < -0.3 is 10.4 Å². The van der Waals surface area contributed by atoms with E-state index in [0.717, 1.165) is 42.9 Å². The number of nitriles is 1. The summed E-state index contributed by atoms with van der Waals surface area (Å²) in [6.45, 7) is 10.1. The second-order valence-corrected chi connectivity index (χ2v) is 6.06. The van der Waals surface area contributed by atoms with Gasteiger partial charge in [0.05, 0.1) is 18.4 Å². The van der Waals surface area contributed by atoms with E-state index in [-0.39, 0.29) is 12.3 Å². The molecule has 7 nitrogen and oxygen atoms in total. The average molecular weight is 413 g/mol. The summed E-state index contributed by atoms with van der Waals surface area (Å²) in [4.78, 5) is 4.17. The van der Waals surface area contributed by atoms with Crippen LogP contribution in [0.15, 0.2) is 47.7 Å². The summed E-state index contributed by atoms with van der Waals surface area (Å²) >= 11 is 0. The molecular weight excluding hydrogens is 376 g/mol. The third kappa shape index (κ3) is 12.4. The van der Waals surface area contributed by atoms with Crippen molar-refractivity contribution in [2.24, 2.45) is 4.99 Å². The van der Waals surface area contributed by atoms with Crippen molar-refractivity contribution in [1.29, 1.82) is 5.26 Å². The van der Waals surface area contributed by atoms with Crippen molar-refractivity contribution < 1.29 is 5.11 Å². The monoisotopic (exact) mass is 412 g/mol. The van der Waals surface area contributed by atoms with E-state index in [1.54, 1.807) is 23.0 Å². The lowest BCUT2D eigenvalue weighted by Gasteiger charge is -2.00. The van der Waals surface area contributed by atoms with Crippen molar-refractivity contribution in [2.45, 2.75) is 47.1 Å². The van der Waals surface area contributed by atoms with Gasteiger partial charge >= 0.3 is 0 Å². The van der Waals surface area contributed by atoms with Gasteiger partial charge in [-0.05, 0) is 55.9 Å². The summed E-state index contributed by atoms with van der Waals surface area (Å²) in [5.41, 5.74) is 2.59. The Morgan fingerprint density at radius 1 is 1.30 bits per heavy atom. The minimum atomic E-state index is 0.227. The molecule has 1 aromatic carbocycles. The lowest BCUT2D eigenvalue weighted by molar-refractivity contribution is 0.475. The minimum absolute atomic E-state index is 0.227. The third-order valence-corrected chi connectivity index (χ3v) is 3.52. The quantitative estimate of drug-likeness (QED) is 0.422. The predicted octanol–water partition coefficient (Wildman–Crippen LogP) is 4.25. The van der Waals surface area contributed by atoms with Crippen LogP contribution in [0, 0.1) is 18.3 Å². The maximum atomic E-state index is 9.48. The highest BCUT2D eigenvalue weighted by atomic mass is 16.3. The van der Waals surface area contributed by atoms with Gasteiger partial charge in [-0.3, -0.25) is 15.0 Å². The number of phenolic OH excluding ortho intramolecular Hbond substituents is 1. The molecule has 0 bridgehead atoms. The second-order valence-electron chi connectivity index (χ2n) is 6.06. The fraction of sp³-hybridized carbons (Fsp3) is 0.435. The molecule has 0 atom stereocenters. The fourth-order valence-corrected chi connectivity index (χ4v) is 2.29. The number of aromatic hydroxyl groups is 1. The number of rotatable bonds is 9. The standard InChI is InChI=1S/C12H11N3O.C9H19N3.C2H6/c1-9-6-10(8-11(16)7-9)12-2-4-15(14-12)5-3-13;1-3-6-11-9-12-8-5-4-7-10-2;1-2/h2,4,6-8,16H,5H2,1H3;4,7-8,10-11H,3,5-6,9H2,1-2H3;1-2H3/b;7-4-,12-8-;. The fourth-order valence-electron chi connectivity index (χ4n) is 2.29. The maximum Gasteiger partial charge on any atom is 0.128 e. The Hall–Kier alpha value is -3.11. The zero-order valence-electron chi connectivity index (χ0n) is 18.9. The van der Waals surface area contributed by atoms with E-state index in [0.29, 0.717) is 0 Å². The Kier molecular flexibility index (Phi) is 16.1. The third-order valence-electron chi connectivity index (χ3n) is 3.52. The van der Waals surface area contributed by atoms with Crippen LogP contribution in [0.4, 0.5) is 0 Å². The van der Waals surface area contributed by atoms with Gasteiger partial charge in [-0.25, -0.2) is 0 Å². The molecule has 0 fully saturated rings. The van der Waals surface area contributed by atoms with Gasteiger partial charge in [0.2, 0.25) is 0 Å². The largest absolute Gasteiger partial charge is 0.508 e. The molecule has 30 heavy (non-hydrogen) atoms. The molecule has 0 spiro atoms. The summed E-state index contributed by atoms with van der Waals surface area (Å²) in [6.07, 6.45) is 9.66. The zero-order valence-corrected chi connectivity index (χ0v) is 18.9. The molecule has 0 amide bonds. The molecule has 7 heteroatoms. The van der Waals surface area contributed by atoms with Crippen LogP contribution in [-0.2, 0) is 6.54 Å². The molecule has 0 aliphatic rings. The Morgan fingerprint density at radius 3 is 2.70 bits per heavy atom. The highest BCUT2D eigenvalue weighted by molar-refractivity contribution is 5.62. The molecule has 0 radical (unpaired) electrons. The zero-order chi connectivity index (χ0) is 22.6. The van der Waals surface area contributed by atoms with Crippen LogP contribution in [0.25, 0.3) is 11.3 Å². The van der Waals surface area contributed by atoms with E-state index in [1.165, 1.54) is 0 Å². The molecule has 0 saturated heterocycles. The number of aliphatic imine (C=N–C) groups is 1. The Morgan fingerprint density at radius 2 is 2.07 bits per heavy atom. The van der Waals surface area contributed by atoms with Crippen LogP contribution >= 0.6 is 0 Å². The van der Waals surface area contributed by atoms with E-state index < -0.39 is 0 Å².